The Morgan fingerprint density at radius 3 is 2.47 bits per heavy atom. The van der Waals surface area contributed by atoms with Crippen LogP contribution in [0.5, 0.6) is 0 Å². The van der Waals surface area contributed by atoms with E-state index in [9.17, 15) is 9.59 Å². The van der Waals surface area contributed by atoms with Gasteiger partial charge in [-0.15, -0.1) is 0 Å². The SMILES string of the molecule is Cc1nc(N2CCN(C(=O)Cn3cnc(C)c(C)c3=O)CC2)cc(-n2ccnc2)n1. The van der Waals surface area contributed by atoms with Gasteiger partial charge >= 0.3 is 0 Å². The fourth-order valence-corrected chi connectivity index (χ4v) is 3.44. The molecule has 0 unspecified atom stereocenters. The molecule has 10 nitrogen and oxygen atoms in total. The number of aryl methyl sites for hydroxylation is 2. The van der Waals surface area contributed by atoms with Crippen LogP contribution in [0.2, 0.25) is 0 Å². The first-order valence-electron chi connectivity index (χ1n) is 9.82. The number of carbonyl (C=O) groups excluding carboxylic acids is 1. The van der Waals surface area contributed by atoms with Gasteiger partial charge in [-0.05, 0) is 20.8 Å². The highest BCUT2D eigenvalue weighted by Crippen LogP contribution is 2.17. The highest BCUT2D eigenvalue weighted by molar-refractivity contribution is 5.76. The zero-order chi connectivity index (χ0) is 21.3. The van der Waals surface area contributed by atoms with Crippen molar-refractivity contribution < 1.29 is 4.79 Å². The molecule has 1 amide bonds. The number of rotatable bonds is 4. The summed E-state index contributed by atoms with van der Waals surface area (Å²) in [5.74, 6) is 2.18. The van der Waals surface area contributed by atoms with Crippen LogP contribution < -0.4 is 10.5 Å². The second-order valence-electron chi connectivity index (χ2n) is 7.36. The van der Waals surface area contributed by atoms with E-state index >= 15 is 0 Å². The normalized spacial score (nSPS) is 14.2. The van der Waals surface area contributed by atoms with E-state index in [2.05, 4.69) is 24.8 Å². The highest BCUT2D eigenvalue weighted by atomic mass is 16.2. The first-order valence-corrected chi connectivity index (χ1v) is 9.82. The topological polar surface area (TPSA) is 102 Å². The number of anilines is 1. The van der Waals surface area contributed by atoms with Gasteiger partial charge in [0.05, 0.1) is 6.33 Å². The predicted octanol–water partition coefficient (Wildman–Crippen LogP) is 0.493. The van der Waals surface area contributed by atoms with E-state index in [-0.39, 0.29) is 18.0 Å². The van der Waals surface area contributed by atoms with E-state index in [0.717, 1.165) is 11.6 Å². The number of amides is 1. The molecular formula is C20H24N8O2. The van der Waals surface area contributed by atoms with E-state index in [1.807, 2.05) is 23.8 Å². The maximum atomic E-state index is 12.7. The number of aromatic nitrogens is 6. The summed E-state index contributed by atoms with van der Waals surface area (Å²) in [6.45, 7) is 7.83. The van der Waals surface area contributed by atoms with Crippen molar-refractivity contribution in [2.24, 2.45) is 0 Å². The van der Waals surface area contributed by atoms with Crippen LogP contribution >= 0.6 is 0 Å². The molecule has 3 aromatic heterocycles. The Hall–Kier alpha value is -3.56. The first kappa shape index (κ1) is 19.7. The van der Waals surface area contributed by atoms with Gasteiger partial charge in [0.25, 0.3) is 5.56 Å². The number of hydrogen-bond donors (Lipinski definition) is 0. The number of nitrogens with zero attached hydrogens (tertiary/aromatic N) is 8. The molecule has 0 spiro atoms. The van der Waals surface area contributed by atoms with Gasteiger partial charge in [-0.2, -0.15) is 0 Å². The van der Waals surface area contributed by atoms with Gasteiger partial charge in [0.2, 0.25) is 5.91 Å². The molecule has 0 radical (unpaired) electrons. The second kappa shape index (κ2) is 8.05. The fourth-order valence-electron chi connectivity index (χ4n) is 3.44. The van der Waals surface area contributed by atoms with Crippen molar-refractivity contribution in [2.75, 3.05) is 31.1 Å². The second-order valence-corrected chi connectivity index (χ2v) is 7.36. The van der Waals surface area contributed by atoms with Crippen molar-refractivity contribution in [3.63, 3.8) is 0 Å². The molecule has 3 aromatic rings. The molecule has 0 atom stereocenters. The third kappa shape index (κ3) is 3.93. The molecule has 0 saturated carbocycles. The predicted molar refractivity (Wildman–Crippen MR) is 111 cm³/mol. The average Bonchev–Trinajstić information content (AvgIpc) is 3.29. The molecule has 10 heteroatoms. The lowest BCUT2D eigenvalue weighted by Crippen LogP contribution is -2.50. The summed E-state index contributed by atoms with van der Waals surface area (Å²) in [4.78, 5) is 46.2. The quantitative estimate of drug-likeness (QED) is 0.619. The lowest BCUT2D eigenvalue weighted by atomic mass is 10.2. The molecule has 30 heavy (non-hydrogen) atoms. The molecule has 1 fully saturated rings. The Bertz CT molecular complexity index is 1110. The molecule has 4 rings (SSSR count). The van der Waals surface area contributed by atoms with E-state index < -0.39 is 0 Å². The van der Waals surface area contributed by atoms with Crippen LogP contribution in [0.1, 0.15) is 17.1 Å². The smallest absolute Gasteiger partial charge is 0.256 e. The van der Waals surface area contributed by atoms with E-state index in [1.165, 1.54) is 10.9 Å². The zero-order valence-electron chi connectivity index (χ0n) is 17.3. The lowest BCUT2D eigenvalue weighted by Gasteiger charge is -2.35. The van der Waals surface area contributed by atoms with Crippen molar-refractivity contribution in [1.82, 2.24) is 34.0 Å². The van der Waals surface area contributed by atoms with Gasteiger partial charge in [-0.3, -0.25) is 18.7 Å². The Morgan fingerprint density at radius 1 is 1.03 bits per heavy atom. The first-order chi connectivity index (χ1) is 14.4. The van der Waals surface area contributed by atoms with Crippen LogP contribution in [-0.4, -0.2) is 66.1 Å². The van der Waals surface area contributed by atoms with E-state index in [1.54, 1.807) is 31.3 Å². The van der Waals surface area contributed by atoms with Crippen molar-refractivity contribution in [3.8, 4) is 5.82 Å². The van der Waals surface area contributed by atoms with Crippen LogP contribution in [0.4, 0.5) is 5.82 Å². The molecule has 0 N–H and O–H groups in total. The van der Waals surface area contributed by atoms with Crippen molar-refractivity contribution in [3.05, 3.63) is 58.6 Å². The summed E-state index contributed by atoms with van der Waals surface area (Å²) >= 11 is 0. The van der Waals surface area contributed by atoms with Gasteiger partial charge < -0.3 is 9.80 Å². The maximum Gasteiger partial charge on any atom is 0.256 e. The summed E-state index contributed by atoms with van der Waals surface area (Å²) in [6, 6.07) is 1.92. The van der Waals surface area contributed by atoms with Crippen LogP contribution in [0.25, 0.3) is 5.82 Å². The van der Waals surface area contributed by atoms with Crippen molar-refractivity contribution >= 4 is 11.7 Å². The number of carbonyl (C=O) groups is 1. The molecule has 1 aliphatic rings. The number of piperazine rings is 1. The monoisotopic (exact) mass is 408 g/mol. The molecular weight excluding hydrogens is 384 g/mol. The van der Waals surface area contributed by atoms with Crippen LogP contribution in [0, 0.1) is 20.8 Å². The van der Waals surface area contributed by atoms with Gasteiger partial charge in [-0.25, -0.2) is 19.9 Å². The fraction of sp³-hybridized carbons (Fsp3) is 0.400. The number of imidazole rings is 1. The van der Waals surface area contributed by atoms with E-state index in [4.69, 9.17) is 0 Å². The summed E-state index contributed by atoms with van der Waals surface area (Å²) in [6.07, 6.45) is 6.69. The minimum Gasteiger partial charge on any atom is -0.353 e. The van der Waals surface area contributed by atoms with Crippen LogP contribution in [0.3, 0.4) is 0 Å². The molecule has 0 aliphatic carbocycles. The Balaban J connectivity index is 1.42. The van der Waals surface area contributed by atoms with Crippen LogP contribution in [0.15, 0.2) is 35.9 Å². The molecule has 156 valence electrons. The summed E-state index contributed by atoms with van der Waals surface area (Å²) in [5, 5.41) is 0. The van der Waals surface area contributed by atoms with E-state index in [0.29, 0.717) is 43.3 Å². The number of hydrogen-bond acceptors (Lipinski definition) is 7. The molecule has 4 heterocycles. The van der Waals surface area contributed by atoms with Crippen LogP contribution in [-0.2, 0) is 11.3 Å². The van der Waals surface area contributed by atoms with Gasteiger partial charge in [0, 0.05) is 55.9 Å². The summed E-state index contributed by atoms with van der Waals surface area (Å²) < 4.78 is 3.22. The highest BCUT2D eigenvalue weighted by Gasteiger charge is 2.23. The Kier molecular flexibility index (Phi) is 5.30. The van der Waals surface area contributed by atoms with Gasteiger partial charge in [0.15, 0.2) is 0 Å². The standard InChI is InChI=1S/C20H24N8O2/c1-14-15(2)22-13-28(20(14)30)11-19(29)26-8-6-25(7-9-26)17-10-18(24-16(3)23-17)27-5-4-21-12-27/h4-5,10,12-13H,6-9,11H2,1-3H3. The summed E-state index contributed by atoms with van der Waals surface area (Å²) in [5.41, 5.74) is 1.09. The molecule has 1 aliphatic heterocycles. The molecule has 0 aromatic carbocycles. The Morgan fingerprint density at radius 2 is 1.77 bits per heavy atom. The van der Waals surface area contributed by atoms with Gasteiger partial charge in [-0.1, -0.05) is 0 Å². The van der Waals surface area contributed by atoms with Crippen molar-refractivity contribution in [2.45, 2.75) is 27.3 Å². The largest absolute Gasteiger partial charge is 0.353 e. The third-order valence-corrected chi connectivity index (χ3v) is 5.36. The third-order valence-electron chi connectivity index (χ3n) is 5.36. The minimum atomic E-state index is -0.169. The average molecular weight is 408 g/mol. The summed E-state index contributed by atoms with van der Waals surface area (Å²) in [7, 11) is 0. The molecule has 0 bridgehead atoms. The van der Waals surface area contributed by atoms with Crippen molar-refractivity contribution in [1.29, 1.82) is 0 Å². The zero-order valence-corrected chi connectivity index (χ0v) is 17.3. The minimum absolute atomic E-state index is 0.00431. The Labute approximate surface area is 173 Å². The lowest BCUT2D eigenvalue weighted by molar-refractivity contribution is -0.132. The maximum absolute atomic E-state index is 12.7. The molecule has 1 saturated heterocycles. The van der Waals surface area contributed by atoms with Gasteiger partial charge in [0.1, 0.15) is 30.3 Å².